The maximum absolute atomic E-state index is 12.5. The molecule has 1 heterocycles. The standard InChI is InChI=1S/C49H41NO8S.2O3S/c1-30-19-37-26-40-22-32(14-13-31-15-17-50(18-16-31)43-11-3-2-4-12-43)21-39(48(40)54)24-35-9-5-7-33(45(35)51)23-34-8-6-10-36(46(34)52)25-41-28-44(59(56,57)58)29-42(49(41)55)27-38(20-30)47(37)53;2*1-4(2)3/h2-22,28-29H,23-27H2,1H3,(H5,51,52,53,55,56,57,58);;/p+1. The van der Waals surface area contributed by atoms with Gasteiger partial charge in [0.05, 0.1) is 4.90 Å². The fraction of sp³-hybridized carbons (Fsp3) is 0.122. The van der Waals surface area contributed by atoms with Crippen LogP contribution in [0.15, 0.2) is 133 Å². The van der Waals surface area contributed by atoms with E-state index in [2.05, 4.69) is 0 Å². The zero-order chi connectivity index (χ0) is 48.6. The van der Waals surface area contributed by atoms with Gasteiger partial charge in [-0.1, -0.05) is 84.4 Å². The maximum Gasteiger partial charge on any atom is 0.425 e. The Hall–Kier alpha value is -7.64. The summed E-state index contributed by atoms with van der Waals surface area (Å²) in [5.41, 5.74) is 7.73. The number of aromatic hydroxyl groups is 5. The summed E-state index contributed by atoms with van der Waals surface area (Å²) in [6.07, 6.45) is 8.16. The molecule has 18 heteroatoms. The molecular weight excluding hydrogens is 923 g/mol. The van der Waals surface area contributed by atoms with E-state index in [4.69, 9.17) is 25.3 Å². The highest BCUT2D eigenvalue weighted by Gasteiger charge is 2.23. The van der Waals surface area contributed by atoms with Crippen molar-refractivity contribution in [3.05, 3.63) is 200 Å². The SMILES string of the molecule is Cc1cc2c(O)c(c1)Cc1cc(S(=O)(=O)O)cc(c1O)Cc1cccc(c1O)Cc1cccc(c1O)Cc1cc(/C=C/c3cc[n+](-c4ccccc4)cc3)cc(c1O)C2.O=S(=O)=O.O=S(=O)=O. The number of aromatic nitrogens is 1. The van der Waals surface area contributed by atoms with E-state index in [0.717, 1.165) is 22.4 Å². The number of phenols is 5. The van der Waals surface area contributed by atoms with Gasteiger partial charge in [0.15, 0.2) is 12.4 Å². The Morgan fingerprint density at radius 1 is 0.448 bits per heavy atom. The van der Waals surface area contributed by atoms with Crippen molar-refractivity contribution in [2.45, 2.75) is 43.9 Å². The van der Waals surface area contributed by atoms with Gasteiger partial charge < -0.3 is 25.5 Å². The maximum atomic E-state index is 12.5. The van der Waals surface area contributed by atoms with Gasteiger partial charge in [0.25, 0.3) is 10.1 Å². The lowest BCUT2D eigenvalue weighted by molar-refractivity contribution is -0.595. The molecule has 6 aromatic carbocycles. The molecule has 1 aliphatic carbocycles. The molecule has 0 saturated heterocycles. The van der Waals surface area contributed by atoms with Crippen LogP contribution in [-0.2, 0) is 63.4 Å². The zero-order valence-electron chi connectivity index (χ0n) is 35.4. The highest BCUT2D eigenvalue weighted by molar-refractivity contribution is 7.85. The van der Waals surface area contributed by atoms with Gasteiger partial charge >= 0.3 is 21.2 Å². The highest BCUT2D eigenvalue weighted by Crippen LogP contribution is 2.39. The second-order valence-corrected chi connectivity index (χ2v) is 17.8. The molecule has 0 unspecified atom stereocenters. The Morgan fingerprint density at radius 3 is 1.18 bits per heavy atom. The summed E-state index contributed by atoms with van der Waals surface area (Å²) in [5.74, 6) is -0.438. The molecule has 0 fully saturated rings. The first-order chi connectivity index (χ1) is 31.8. The number of benzene rings is 6. The number of aryl methyl sites for hydroxylation is 1. The first-order valence-corrected chi connectivity index (χ1v) is 23.6. The fourth-order valence-corrected chi connectivity index (χ4v) is 8.48. The van der Waals surface area contributed by atoms with Crippen LogP contribution in [0.2, 0.25) is 0 Å². The van der Waals surface area contributed by atoms with Gasteiger partial charge in [-0.05, 0) is 86.8 Å². The predicted molar refractivity (Wildman–Crippen MR) is 245 cm³/mol. The Balaban J connectivity index is 0.000000858. The topological polar surface area (TPSA) is 262 Å². The molecule has 344 valence electrons. The number of nitrogens with zero attached hydrogens (tertiary/aromatic N) is 1. The van der Waals surface area contributed by atoms with Crippen molar-refractivity contribution in [1.82, 2.24) is 0 Å². The Bertz CT molecular complexity index is 3340. The van der Waals surface area contributed by atoms with Gasteiger partial charge in [-0.2, -0.15) is 13.0 Å². The lowest BCUT2D eigenvalue weighted by Gasteiger charge is -2.18. The van der Waals surface area contributed by atoms with Crippen LogP contribution in [0.1, 0.15) is 72.3 Å². The van der Waals surface area contributed by atoms with Crippen molar-refractivity contribution in [3.8, 4) is 34.4 Å². The van der Waals surface area contributed by atoms with Gasteiger partial charge in [0, 0.05) is 67.5 Å². The summed E-state index contributed by atoms with van der Waals surface area (Å²) in [6, 6.07) is 34.1. The monoisotopic (exact) mass is 964 g/mol. The van der Waals surface area contributed by atoms with Crippen LogP contribution in [0.3, 0.4) is 0 Å². The molecule has 10 bridgehead atoms. The average Bonchev–Trinajstić information content (AvgIpc) is 3.26. The van der Waals surface area contributed by atoms with Gasteiger partial charge in [-0.3, -0.25) is 4.55 Å². The largest absolute Gasteiger partial charge is 0.507 e. The van der Waals surface area contributed by atoms with Crippen LogP contribution in [0.25, 0.3) is 17.8 Å². The molecule has 0 saturated carbocycles. The summed E-state index contributed by atoms with van der Waals surface area (Å²) in [5, 5.41) is 58.4. The van der Waals surface area contributed by atoms with Crippen LogP contribution >= 0.6 is 0 Å². The minimum absolute atomic E-state index is 0.000845. The number of para-hydroxylation sites is 3. The molecular formula is C49H42NO14S3+. The lowest BCUT2D eigenvalue weighted by Crippen LogP contribution is -2.28. The Morgan fingerprint density at radius 2 is 0.776 bits per heavy atom. The number of fused-ring (bicyclic) bond motifs is 10. The summed E-state index contributed by atoms with van der Waals surface area (Å²) in [6.45, 7) is 1.85. The Kier molecular flexibility index (Phi) is 15.4. The summed E-state index contributed by atoms with van der Waals surface area (Å²) in [7, 11) is -10.9. The highest BCUT2D eigenvalue weighted by atomic mass is 32.2. The van der Waals surface area contributed by atoms with Gasteiger partial charge in [0.2, 0.25) is 5.69 Å². The van der Waals surface area contributed by atoms with Crippen molar-refractivity contribution in [2.24, 2.45) is 0 Å². The summed E-state index contributed by atoms with van der Waals surface area (Å²) >= 11 is 0. The quantitative estimate of drug-likeness (QED) is 0.0816. The predicted octanol–water partition coefficient (Wildman–Crippen LogP) is 6.48. The molecule has 0 radical (unpaired) electrons. The van der Waals surface area contributed by atoms with Gasteiger partial charge in [-0.15, -0.1) is 25.3 Å². The van der Waals surface area contributed by atoms with Gasteiger partial charge in [0.1, 0.15) is 28.7 Å². The van der Waals surface area contributed by atoms with Crippen molar-refractivity contribution < 1.29 is 68.3 Å². The number of rotatable bonds is 4. The van der Waals surface area contributed by atoms with Crippen LogP contribution < -0.4 is 4.57 Å². The van der Waals surface area contributed by atoms with E-state index < -0.39 is 36.2 Å². The third-order valence-electron chi connectivity index (χ3n) is 10.9. The minimum atomic E-state index is -4.72. The lowest BCUT2D eigenvalue weighted by atomic mass is 9.90. The molecule has 1 aromatic heterocycles. The van der Waals surface area contributed by atoms with Gasteiger partial charge in [-0.25, -0.2) is 0 Å². The van der Waals surface area contributed by atoms with Crippen molar-refractivity contribution in [1.29, 1.82) is 0 Å². The molecule has 15 nitrogen and oxygen atoms in total. The third kappa shape index (κ3) is 12.6. The summed E-state index contributed by atoms with van der Waals surface area (Å²) < 4.78 is 87.8. The van der Waals surface area contributed by atoms with E-state index in [1.54, 1.807) is 36.4 Å². The smallest absolute Gasteiger partial charge is 0.425 e. The molecule has 0 atom stereocenters. The van der Waals surface area contributed by atoms with Crippen LogP contribution in [0.5, 0.6) is 28.7 Å². The molecule has 1 aliphatic rings. The second-order valence-electron chi connectivity index (χ2n) is 15.5. The van der Waals surface area contributed by atoms with E-state index in [-0.39, 0.29) is 72.0 Å². The number of phenolic OH excluding ortho intramolecular Hbond substituents is 5. The molecule has 6 N–H and O–H groups in total. The molecule has 7 aromatic rings. The van der Waals surface area contributed by atoms with Crippen molar-refractivity contribution >= 4 is 43.5 Å². The number of hydrogen-bond acceptors (Lipinski definition) is 13. The van der Waals surface area contributed by atoms with Crippen LogP contribution in [0, 0.1) is 6.92 Å². The first kappa shape index (κ1) is 48.8. The second kappa shape index (κ2) is 21.1. The van der Waals surface area contributed by atoms with Crippen molar-refractivity contribution in [3.63, 3.8) is 0 Å². The Labute approximate surface area is 388 Å². The van der Waals surface area contributed by atoms with E-state index in [0.29, 0.717) is 44.5 Å². The fourth-order valence-electron chi connectivity index (χ4n) is 7.90. The summed E-state index contributed by atoms with van der Waals surface area (Å²) in [4.78, 5) is -0.444. The molecule has 0 aliphatic heterocycles. The average molecular weight is 965 g/mol. The third-order valence-corrected chi connectivity index (χ3v) is 11.8. The van der Waals surface area contributed by atoms with Crippen LogP contribution in [0.4, 0.5) is 0 Å². The van der Waals surface area contributed by atoms with E-state index >= 15 is 0 Å². The van der Waals surface area contributed by atoms with Crippen LogP contribution in [-0.4, -0.2) is 63.8 Å². The van der Waals surface area contributed by atoms with E-state index in [1.165, 1.54) is 12.1 Å². The number of hydrogen-bond donors (Lipinski definition) is 6. The molecule has 0 amide bonds. The molecule has 67 heavy (non-hydrogen) atoms. The molecule has 0 spiro atoms. The van der Waals surface area contributed by atoms with E-state index in [9.17, 15) is 38.5 Å². The molecule has 8 rings (SSSR count). The first-order valence-electron chi connectivity index (χ1n) is 20.1. The van der Waals surface area contributed by atoms with E-state index in [1.807, 2.05) is 103 Å². The normalized spacial score (nSPS) is 12.1. The van der Waals surface area contributed by atoms with Crippen molar-refractivity contribution in [2.75, 3.05) is 0 Å². The zero-order valence-corrected chi connectivity index (χ0v) is 37.9. The number of pyridine rings is 1. The minimum Gasteiger partial charge on any atom is -0.507 e.